The molecule has 2 heterocycles. The third-order valence-corrected chi connectivity index (χ3v) is 6.22. The maximum absolute atomic E-state index is 12.4. The van der Waals surface area contributed by atoms with E-state index >= 15 is 0 Å². The molecule has 0 atom stereocenters. The number of aromatic nitrogens is 4. The SMILES string of the molecule is CC(C)(C)OC(=O)c1ccc(Cl)c(CSc2nnc(-c3cnccn3)s2)c1Cl. The summed E-state index contributed by atoms with van der Waals surface area (Å²) in [6, 6.07) is 3.22. The van der Waals surface area contributed by atoms with Crippen LogP contribution >= 0.6 is 46.3 Å². The van der Waals surface area contributed by atoms with Crippen LogP contribution in [0.15, 0.2) is 35.1 Å². The predicted octanol–water partition coefficient (Wildman–Crippen LogP) is 5.55. The van der Waals surface area contributed by atoms with Crippen molar-refractivity contribution in [3.63, 3.8) is 0 Å². The van der Waals surface area contributed by atoms with Crippen LogP contribution in [0, 0.1) is 0 Å². The van der Waals surface area contributed by atoms with Crippen LogP contribution in [0.2, 0.25) is 10.0 Å². The topological polar surface area (TPSA) is 77.9 Å². The second-order valence-corrected chi connectivity index (χ2v) is 9.63. The average molecular weight is 455 g/mol. The molecule has 0 unspecified atom stereocenters. The molecule has 6 nitrogen and oxygen atoms in total. The van der Waals surface area contributed by atoms with Crippen LogP contribution in [0.25, 0.3) is 10.7 Å². The number of hydrogen-bond donors (Lipinski definition) is 0. The van der Waals surface area contributed by atoms with E-state index in [1.54, 1.807) is 51.5 Å². The zero-order valence-electron chi connectivity index (χ0n) is 15.3. The Balaban J connectivity index is 1.77. The number of thioether (sulfide) groups is 1. The first-order valence-electron chi connectivity index (χ1n) is 8.17. The van der Waals surface area contributed by atoms with Gasteiger partial charge in [0.2, 0.25) is 0 Å². The van der Waals surface area contributed by atoms with E-state index in [2.05, 4.69) is 20.2 Å². The highest BCUT2D eigenvalue weighted by atomic mass is 35.5. The first-order valence-corrected chi connectivity index (χ1v) is 10.7. The van der Waals surface area contributed by atoms with Gasteiger partial charge in [0, 0.05) is 28.7 Å². The Bertz CT molecular complexity index is 991. The van der Waals surface area contributed by atoms with Gasteiger partial charge in [-0.3, -0.25) is 9.97 Å². The zero-order valence-corrected chi connectivity index (χ0v) is 18.4. The number of carbonyl (C=O) groups excluding carboxylic acids is 1. The number of hydrogen-bond acceptors (Lipinski definition) is 8. The molecule has 0 radical (unpaired) electrons. The third kappa shape index (κ3) is 5.20. The van der Waals surface area contributed by atoms with E-state index in [1.807, 2.05) is 0 Å². The van der Waals surface area contributed by atoms with E-state index in [0.717, 1.165) is 4.34 Å². The fourth-order valence-electron chi connectivity index (χ4n) is 2.14. The van der Waals surface area contributed by atoms with Crippen molar-refractivity contribution in [1.29, 1.82) is 0 Å². The Morgan fingerprint density at radius 1 is 1.21 bits per heavy atom. The Kier molecular flexibility index (Phi) is 6.54. The van der Waals surface area contributed by atoms with Gasteiger partial charge in [0.05, 0.1) is 16.8 Å². The number of benzene rings is 1. The first kappa shape index (κ1) is 21.0. The fourth-order valence-corrected chi connectivity index (χ4v) is 4.73. The smallest absolute Gasteiger partial charge is 0.340 e. The van der Waals surface area contributed by atoms with E-state index in [1.165, 1.54) is 23.1 Å². The van der Waals surface area contributed by atoms with E-state index in [-0.39, 0.29) is 10.6 Å². The van der Waals surface area contributed by atoms with Crippen LogP contribution in [0.1, 0.15) is 36.7 Å². The van der Waals surface area contributed by atoms with Gasteiger partial charge < -0.3 is 4.74 Å². The molecule has 0 amide bonds. The molecule has 0 saturated heterocycles. The first-order chi connectivity index (χ1) is 13.2. The Hall–Kier alpha value is -1.74. The van der Waals surface area contributed by atoms with Gasteiger partial charge >= 0.3 is 5.97 Å². The van der Waals surface area contributed by atoms with Crippen molar-refractivity contribution in [2.45, 2.75) is 36.5 Å². The summed E-state index contributed by atoms with van der Waals surface area (Å²) in [6.07, 6.45) is 4.83. The van der Waals surface area contributed by atoms with Crippen LogP contribution in [0.4, 0.5) is 0 Å². The summed E-state index contributed by atoms with van der Waals surface area (Å²) in [5.41, 5.74) is 0.981. The van der Waals surface area contributed by atoms with Crippen molar-refractivity contribution in [1.82, 2.24) is 20.2 Å². The van der Waals surface area contributed by atoms with Crippen LogP contribution in [-0.4, -0.2) is 31.7 Å². The van der Waals surface area contributed by atoms with E-state index in [9.17, 15) is 4.79 Å². The summed E-state index contributed by atoms with van der Waals surface area (Å²) >= 11 is 15.6. The number of halogens is 2. The minimum atomic E-state index is -0.613. The third-order valence-electron chi connectivity index (χ3n) is 3.33. The molecule has 3 aromatic rings. The number of nitrogens with zero attached hydrogens (tertiary/aromatic N) is 4. The molecule has 10 heteroatoms. The van der Waals surface area contributed by atoms with Crippen molar-refractivity contribution in [3.05, 3.63) is 51.9 Å². The van der Waals surface area contributed by atoms with Gasteiger partial charge in [0.15, 0.2) is 9.35 Å². The van der Waals surface area contributed by atoms with Gasteiger partial charge in [-0.2, -0.15) is 0 Å². The van der Waals surface area contributed by atoms with Gasteiger partial charge in [-0.05, 0) is 32.9 Å². The molecule has 0 fully saturated rings. The van der Waals surface area contributed by atoms with Gasteiger partial charge in [-0.15, -0.1) is 10.2 Å². The molecule has 146 valence electrons. The lowest BCUT2D eigenvalue weighted by Crippen LogP contribution is -2.24. The molecule has 0 saturated carbocycles. The highest BCUT2D eigenvalue weighted by Gasteiger charge is 2.22. The lowest BCUT2D eigenvalue weighted by atomic mass is 10.1. The molecule has 2 aromatic heterocycles. The Labute approximate surface area is 180 Å². The van der Waals surface area contributed by atoms with Gasteiger partial charge in [0.1, 0.15) is 11.3 Å². The summed E-state index contributed by atoms with van der Waals surface area (Å²) < 4.78 is 6.14. The average Bonchev–Trinajstić information content (AvgIpc) is 3.10. The number of esters is 1. The molecular formula is C18H16Cl2N4O2S2. The highest BCUT2D eigenvalue weighted by molar-refractivity contribution is 8.00. The van der Waals surface area contributed by atoms with E-state index in [0.29, 0.717) is 27.0 Å². The summed E-state index contributed by atoms with van der Waals surface area (Å²) in [6.45, 7) is 5.40. The second-order valence-electron chi connectivity index (χ2n) is 6.64. The Morgan fingerprint density at radius 3 is 2.68 bits per heavy atom. The molecule has 0 bridgehead atoms. The molecular weight excluding hydrogens is 439 g/mol. The molecule has 0 N–H and O–H groups in total. The van der Waals surface area contributed by atoms with Crippen LogP contribution < -0.4 is 0 Å². The number of ether oxygens (including phenoxy) is 1. The molecule has 3 rings (SSSR count). The normalized spacial score (nSPS) is 11.5. The summed E-state index contributed by atoms with van der Waals surface area (Å²) in [7, 11) is 0. The monoisotopic (exact) mass is 454 g/mol. The van der Waals surface area contributed by atoms with Gasteiger partial charge in [-0.1, -0.05) is 46.3 Å². The van der Waals surface area contributed by atoms with Gasteiger partial charge in [0.25, 0.3) is 0 Å². The number of rotatable bonds is 5. The van der Waals surface area contributed by atoms with Crippen LogP contribution in [-0.2, 0) is 10.5 Å². The molecule has 28 heavy (non-hydrogen) atoms. The molecule has 0 aliphatic rings. The number of carbonyl (C=O) groups is 1. The predicted molar refractivity (Wildman–Crippen MR) is 112 cm³/mol. The summed E-state index contributed by atoms with van der Waals surface area (Å²) in [5.74, 6) is -0.0510. The zero-order chi connectivity index (χ0) is 20.3. The molecule has 0 aliphatic carbocycles. The minimum Gasteiger partial charge on any atom is -0.456 e. The van der Waals surface area contributed by atoms with E-state index < -0.39 is 11.6 Å². The fraction of sp³-hybridized carbons (Fsp3) is 0.278. The molecule has 0 spiro atoms. The van der Waals surface area contributed by atoms with Crippen LogP contribution in [0.5, 0.6) is 0 Å². The molecule has 1 aromatic carbocycles. The maximum Gasteiger partial charge on any atom is 0.340 e. The van der Waals surface area contributed by atoms with Crippen LogP contribution in [0.3, 0.4) is 0 Å². The Morgan fingerprint density at radius 2 is 2.00 bits per heavy atom. The maximum atomic E-state index is 12.4. The van der Waals surface area contributed by atoms with Crippen molar-refractivity contribution in [3.8, 4) is 10.7 Å². The van der Waals surface area contributed by atoms with Gasteiger partial charge in [-0.25, -0.2) is 4.79 Å². The lowest BCUT2D eigenvalue weighted by Gasteiger charge is -2.20. The van der Waals surface area contributed by atoms with E-state index in [4.69, 9.17) is 27.9 Å². The molecule has 0 aliphatic heterocycles. The highest BCUT2D eigenvalue weighted by Crippen LogP contribution is 2.36. The van der Waals surface area contributed by atoms with Crippen molar-refractivity contribution in [2.75, 3.05) is 0 Å². The largest absolute Gasteiger partial charge is 0.456 e. The minimum absolute atomic E-state index is 0.285. The second kappa shape index (κ2) is 8.73. The summed E-state index contributed by atoms with van der Waals surface area (Å²) in [4.78, 5) is 20.6. The summed E-state index contributed by atoms with van der Waals surface area (Å²) in [5, 5.41) is 9.73. The van der Waals surface area contributed by atoms with Crippen molar-refractivity contribution < 1.29 is 9.53 Å². The van der Waals surface area contributed by atoms with Crippen molar-refractivity contribution in [2.24, 2.45) is 0 Å². The quantitative estimate of drug-likeness (QED) is 0.369. The standard InChI is InChI=1S/C18H16Cl2N4O2S2/c1-18(2,3)26-16(25)10-4-5-12(19)11(14(10)20)9-27-17-24-23-15(28-17)13-8-21-6-7-22-13/h4-8H,9H2,1-3H3. The lowest BCUT2D eigenvalue weighted by molar-refractivity contribution is 0.00696. The van der Waals surface area contributed by atoms with Crippen molar-refractivity contribution >= 4 is 52.3 Å².